The van der Waals surface area contributed by atoms with Crippen molar-refractivity contribution in [3.63, 3.8) is 0 Å². The lowest BCUT2D eigenvalue weighted by atomic mass is 9.97. The van der Waals surface area contributed by atoms with E-state index in [-0.39, 0.29) is 13.0 Å². The normalized spacial score (nSPS) is 14.1. The van der Waals surface area contributed by atoms with Gasteiger partial charge in [0.2, 0.25) is 5.60 Å². The van der Waals surface area contributed by atoms with Gasteiger partial charge in [-0.3, -0.25) is 5.26 Å². The van der Waals surface area contributed by atoms with Gasteiger partial charge in [0, 0.05) is 11.4 Å². The number of esters is 1. The van der Waals surface area contributed by atoms with Crippen LogP contribution in [0.3, 0.4) is 0 Å². The monoisotopic (exact) mass is 258 g/mol. The first-order valence-electron chi connectivity index (χ1n) is 5.26. The van der Waals surface area contributed by atoms with Crippen LogP contribution in [-0.2, 0) is 20.8 Å². The Morgan fingerprint density at radius 3 is 2.47 bits per heavy atom. The summed E-state index contributed by atoms with van der Waals surface area (Å²) in [6, 6.07) is 6.94. The van der Waals surface area contributed by atoms with Crippen molar-refractivity contribution >= 4 is 17.6 Å². The zero-order valence-electron chi connectivity index (χ0n) is 9.77. The first-order valence-corrected chi connectivity index (χ1v) is 5.64. The third-order valence-electron chi connectivity index (χ3n) is 2.36. The maximum atomic E-state index is 11.6. The van der Waals surface area contributed by atoms with E-state index in [2.05, 4.69) is 4.89 Å². The van der Waals surface area contributed by atoms with Gasteiger partial charge in [0.1, 0.15) is 0 Å². The third-order valence-corrected chi connectivity index (χ3v) is 2.62. The van der Waals surface area contributed by atoms with Crippen molar-refractivity contribution in [3.8, 4) is 0 Å². The number of rotatable bonds is 5. The molecule has 0 aliphatic rings. The fourth-order valence-electron chi connectivity index (χ4n) is 1.42. The van der Waals surface area contributed by atoms with Crippen molar-refractivity contribution < 1.29 is 19.7 Å². The van der Waals surface area contributed by atoms with Gasteiger partial charge < -0.3 is 4.74 Å². The van der Waals surface area contributed by atoms with Crippen molar-refractivity contribution in [3.05, 3.63) is 34.9 Å². The van der Waals surface area contributed by atoms with Crippen molar-refractivity contribution in [2.24, 2.45) is 0 Å². The zero-order valence-corrected chi connectivity index (χ0v) is 10.5. The Bertz CT molecular complexity index is 377. The second-order valence-electron chi connectivity index (χ2n) is 3.85. The molecule has 0 radical (unpaired) electrons. The number of carbonyl (C=O) groups is 1. The maximum Gasteiger partial charge on any atom is 0.341 e. The number of ether oxygens (including phenoxy) is 1. The van der Waals surface area contributed by atoms with E-state index in [0.717, 1.165) is 5.56 Å². The molecule has 0 aromatic heterocycles. The predicted molar refractivity (Wildman–Crippen MR) is 63.9 cm³/mol. The van der Waals surface area contributed by atoms with Gasteiger partial charge in [-0.15, -0.1) is 0 Å². The average Bonchev–Trinajstić information content (AvgIpc) is 2.32. The van der Waals surface area contributed by atoms with Crippen LogP contribution < -0.4 is 0 Å². The van der Waals surface area contributed by atoms with Crippen LogP contribution in [0.15, 0.2) is 24.3 Å². The van der Waals surface area contributed by atoms with Crippen LogP contribution in [0.25, 0.3) is 0 Å². The Morgan fingerprint density at radius 2 is 2.00 bits per heavy atom. The summed E-state index contributed by atoms with van der Waals surface area (Å²) >= 11 is 5.76. The number of hydrogen-bond donors (Lipinski definition) is 1. The van der Waals surface area contributed by atoms with E-state index in [9.17, 15) is 4.79 Å². The summed E-state index contributed by atoms with van der Waals surface area (Å²) in [6.45, 7) is 3.40. The lowest BCUT2D eigenvalue weighted by molar-refractivity contribution is -0.313. The van der Waals surface area contributed by atoms with Gasteiger partial charge in [0.05, 0.1) is 6.61 Å². The Labute approximate surface area is 105 Å². The van der Waals surface area contributed by atoms with E-state index in [1.807, 2.05) is 0 Å². The van der Waals surface area contributed by atoms with Crippen LogP contribution in [-0.4, -0.2) is 23.4 Å². The molecule has 4 nitrogen and oxygen atoms in total. The van der Waals surface area contributed by atoms with Gasteiger partial charge in [0.15, 0.2) is 0 Å². The summed E-state index contributed by atoms with van der Waals surface area (Å²) in [5.74, 6) is -0.600. The summed E-state index contributed by atoms with van der Waals surface area (Å²) in [6.07, 6.45) is 0.208. The van der Waals surface area contributed by atoms with E-state index < -0.39 is 11.6 Å². The minimum absolute atomic E-state index is 0.208. The van der Waals surface area contributed by atoms with E-state index in [4.69, 9.17) is 21.6 Å². The molecule has 1 aromatic carbocycles. The van der Waals surface area contributed by atoms with Crippen LogP contribution in [0, 0.1) is 0 Å². The van der Waals surface area contributed by atoms with Gasteiger partial charge >= 0.3 is 5.97 Å². The van der Waals surface area contributed by atoms with Crippen LogP contribution in [0.1, 0.15) is 19.4 Å². The van der Waals surface area contributed by atoms with Crippen molar-refractivity contribution in [2.75, 3.05) is 6.61 Å². The lowest BCUT2D eigenvalue weighted by Crippen LogP contribution is -2.41. The largest absolute Gasteiger partial charge is 0.464 e. The average molecular weight is 259 g/mol. The molecular weight excluding hydrogens is 244 g/mol. The lowest BCUT2D eigenvalue weighted by Gasteiger charge is -2.23. The van der Waals surface area contributed by atoms with E-state index in [1.165, 1.54) is 6.92 Å². The molecule has 0 fully saturated rings. The Balaban J connectivity index is 2.81. The predicted octanol–water partition coefficient (Wildman–Crippen LogP) is 2.69. The van der Waals surface area contributed by atoms with Crippen LogP contribution in [0.5, 0.6) is 0 Å². The van der Waals surface area contributed by atoms with Gasteiger partial charge in [-0.25, -0.2) is 9.68 Å². The molecule has 1 rings (SSSR count). The number of halogens is 1. The summed E-state index contributed by atoms with van der Waals surface area (Å²) in [7, 11) is 0. The van der Waals surface area contributed by atoms with E-state index in [0.29, 0.717) is 5.02 Å². The molecule has 1 atom stereocenters. The molecule has 94 valence electrons. The molecule has 17 heavy (non-hydrogen) atoms. The molecule has 0 unspecified atom stereocenters. The topological polar surface area (TPSA) is 55.8 Å². The second kappa shape index (κ2) is 6.00. The molecule has 0 spiro atoms. The molecule has 0 amide bonds. The highest BCUT2D eigenvalue weighted by atomic mass is 35.5. The highest BCUT2D eigenvalue weighted by molar-refractivity contribution is 6.30. The summed E-state index contributed by atoms with van der Waals surface area (Å²) in [4.78, 5) is 15.9. The van der Waals surface area contributed by atoms with E-state index >= 15 is 0 Å². The van der Waals surface area contributed by atoms with Crippen LogP contribution >= 0.6 is 11.6 Å². The molecule has 1 N–H and O–H groups in total. The Kier molecular flexibility index (Phi) is 4.93. The Hall–Kier alpha value is -1.10. The maximum absolute atomic E-state index is 11.6. The Morgan fingerprint density at radius 1 is 1.41 bits per heavy atom. The van der Waals surface area contributed by atoms with Crippen LogP contribution in [0.2, 0.25) is 5.02 Å². The third kappa shape index (κ3) is 3.70. The molecule has 5 heteroatoms. The standard InChI is InChI=1S/C12H15ClO4/c1-3-16-11(14)12(2,17-15)8-9-4-6-10(13)7-5-9/h4-7,15H,3,8H2,1-2H3/t12-/m1/s1. The SMILES string of the molecule is CCOC(=O)[C@@](C)(Cc1ccc(Cl)cc1)OO. The fraction of sp³-hybridized carbons (Fsp3) is 0.417. The van der Waals surface area contributed by atoms with Gasteiger partial charge in [0.25, 0.3) is 0 Å². The second-order valence-corrected chi connectivity index (χ2v) is 4.28. The van der Waals surface area contributed by atoms with Crippen molar-refractivity contribution in [1.29, 1.82) is 0 Å². The minimum atomic E-state index is -1.40. The van der Waals surface area contributed by atoms with Crippen molar-refractivity contribution in [1.82, 2.24) is 0 Å². The highest BCUT2D eigenvalue weighted by Crippen LogP contribution is 2.20. The molecule has 0 bridgehead atoms. The summed E-state index contributed by atoms with van der Waals surface area (Å²) < 4.78 is 4.84. The first kappa shape index (κ1) is 14.0. The van der Waals surface area contributed by atoms with Gasteiger partial charge in [-0.2, -0.15) is 0 Å². The molecule has 0 aliphatic carbocycles. The summed E-state index contributed by atoms with van der Waals surface area (Å²) in [5.41, 5.74) is -0.580. The zero-order chi connectivity index (χ0) is 12.9. The smallest absolute Gasteiger partial charge is 0.341 e. The molecule has 1 aromatic rings. The highest BCUT2D eigenvalue weighted by Gasteiger charge is 2.37. The number of hydrogen-bond acceptors (Lipinski definition) is 4. The number of benzene rings is 1. The molecular formula is C12H15ClO4. The van der Waals surface area contributed by atoms with E-state index in [1.54, 1.807) is 31.2 Å². The van der Waals surface area contributed by atoms with Crippen LogP contribution in [0.4, 0.5) is 0 Å². The summed E-state index contributed by atoms with van der Waals surface area (Å²) in [5, 5.41) is 9.48. The molecule has 0 heterocycles. The van der Waals surface area contributed by atoms with Gasteiger partial charge in [-0.05, 0) is 31.5 Å². The minimum Gasteiger partial charge on any atom is -0.464 e. The molecule has 0 aliphatic heterocycles. The molecule has 0 saturated heterocycles. The first-order chi connectivity index (χ1) is 8.01. The fourth-order valence-corrected chi connectivity index (χ4v) is 1.54. The quantitative estimate of drug-likeness (QED) is 0.501. The van der Waals surface area contributed by atoms with Gasteiger partial charge in [-0.1, -0.05) is 23.7 Å². The number of carbonyl (C=O) groups excluding carboxylic acids is 1. The van der Waals surface area contributed by atoms with Crippen molar-refractivity contribution in [2.45, 2.75) is 25.9 Å². The molecule has 0 saturated carbocycles.